The van der Waals surface area contributed by atoms with Gasteiger partial charge in [0.05, 0.1) is 18.8 Å². The first kappa shape index (κ1) is 17.3. The smallest absolute Gasteiger partial charge is 0.241 e. The molecule has 3 N–H and O–H groups in total. The van der Waals surface area contributed by atoms with Gasteiger partial charge in [-0.2, -0.15) is 0 Å². The lowest BCUT2D eigenvalue weighted by Gasteiger charge is -2.28. The van der Waals surface area contributed by atoms with Crippen molar-refractivity contribution in [2.24, 2.45) is 11.7 Å². The van der Waals surface area contributed by atoms with E-state index < -0.39 is 6.04 Å². The number of ether oxygens (including phenoxy) is 1. The maximum Gasteiger partial charge on any atom is 0.241 e. The van der Waals surface area contributed by atoms with E-state index in [4.69, 9.17) is 10.5 Å². The molecule has 6 heteroatoms. The van der Waals surface area contributed by atoms with Crippen molar-refractivity contribution in [3.05, 3.63) is 18.2 Å². The van der Waals surface area contributed by atoms with Gasteiger partial charge in [0, 0.05) is 18.7 Å². The van der Waals surface area contributed by atoms with Gasteiger partial charge in [0.2, 0.25) is 11.8 Å². The van der Waals surface area contributed by atoms with Crippen molar-refractivity contribution in [2.75, 3.05) is 23.9 Å². The predicted molar refractivity (Wildman–Crippen MR) is 90.6 cm³/mol. The zero-order valence-electron chi connectivity index (χ0n) is 14.0. The minimum atomic E-state index is -0.572. The highest BCUT2D eigenvalue weighted by atomic mass is 16.5. The third-order valence-electron chi connectivity index (χ3n) is 4.08. The molecule has 2 amide bonds. The molecule has 1 aliphatic rings. The van der Waals surface area contributed by atoms with Crippen molar-refractivity contribution in [1.29, 1.82) is 0 Å². The van der Waals surface area contributed by atoms with Crippen LogP contribution in [0.1, 0.15) is 33.1 Å². The highest BCUT2D eigenvalue weighted by Crippen LogP contribution is 2.33. The lowest BCUT2D eigenvalue weighted by Crippen LogP contribution is -2.40. The molecular formula is C17H25N3O3. The summed E-state index contributed by atoms with van der Waals surface area (Å²) in [5.74, 6) is 0.515. The zero-order chi connectivity index (χ0) is 17.0. The van der Waals surface area contributed by atoms with Crippen LogP contribution in [0.3, 0.4) is 0 Å². The molecule has 0 radical (unpaired) electrons. The van der Waals surface area contributed by atoms with E-state index >= 15 is 0 Å². The molecule has 1 aliphatic heterocycles. The Balaban J connectivity index is 2.25. The van der Waals surface area contributed by atoms with Gasteiger partial charge in [-0.05, 0) is 37.0 Å². The number of benzene rings is 1. The average molecular weight is 319 g/mol. The summed E-state index contributed by atoms with van der Waals surface area (Å²) in [6.45, 7) is 4.46. The Labute approximate surface area is 137 Å². The Hall–Kier alpha value is -2.08. The highest BCUT2D eigenvalue weighted by Gasteiger charge is 2.23. The van der Waals surface area contributed by atoms with Gasteiger partial charge in [0.15, 0.2) is 0 Å². The number of rotatable bonds is 5. The molecule has 1 heterocycles. The van der Waals surface area contributed by atoms with Crippen LogP contribution in [0.25, 0.3) is 0 Å². The van der Waals surface area contributed by atoms with E-state index in [1.807, 2.05) is 13.8 Å². The molecular weight excluding hydrogens is 294 g/mol. The minimum Gasteiger partial charge on any atom is -0.495 e. The largest absolute Gasteiger partial charge is 0.495 e. The third-order valence-corrected chi connectivity index (χ3v) is 4.08. The maximum absolute atomic E-state index is 12.2. The van der Waals surface area contributed by atoms with Gasteiger partial charge in [-0.1, -0.05) is 13.8 Å². The first-order valence-electron chi connectivity index (χ1n) is 7.99. The highest BCUT2D eigenvalue weighted by molar-refractivity contribution is 5.98. The van der Waals surface area contributed by atoms with E-state index in [0.717, 1.165) is 12.8 Å². The van der Waals surface area contributed by atoms with Crippen molar-refractivity contribution in [3.63, 3.8) is 0 Å². The van der Waals surface area contributed by atoms with E-state index in [9.17, 15) is 9.59 Å². The summed E-state index contributed by atoms with van der Waals surface area (Å²) in [6.07, 6.45) is 2.42. The van der Waals surface area contributed by atoms with Crippen molar-refractivity contribution in [1.82, 2.24) is 0 Å². The monoisotopic (exact) mass is 319 g/mol. The fourth-order valence-electron chi connectivity index (χ4n) is 2.57. The molecule has 0 aromatic heterocycles. The summed E-state index contributed by atoms with van der Waals surface area (Å²) in [5.41, 5.74) is 7.17. The fourth-order valence-corrected chi connectivity index (χ4v) is 2.57. The number of anilines is 2. The predicted octanol–water partition coefficient (Wildman–Crippen LogP) is 2.13. The summed E-state index contributed by atoms with van der Waals surface area (Å²) < 4.78 is 5.36. The van der Waals surface area contributed by atoms with E-state index in [2.05, 4.69) is 5.32 Å². The van der Waals surface area contributed by atoms with Crippen LogP contribution in [0.5, 0.6) is 5.75 Å². The normalized spacial score (nSPS) is 16.4. The first-order valence-corrected chi connectivity index (χ1v) is 7.99. The van der Waals surface area contributed by atoms with Crippen LogP contribution in [-0.4, -0.2) is 31.5 Å². The van der Waals surface area contributed by atoms with Crippen LogP contribution >= 0.6 is 0 Å². The molecule has 6 nitrogen and oxygen atoms in total. The maximum atomic E-state index is 12.2. The van der Waals surface area contributed by atoms with Crippen molar-refractivity contribution < 1.29 is 14.3 Å². The van der Waals surface area contributed by atoms with Gasteiger partial charge in [-0.25, -0.2) is 0 Å². The second kappa shape index (κ2) is 7.46. The Bertz CT molecular complexity index is 586. The van der Waals surface area contributed by atoms with Gasteiger partial charge in [0.1, 0.15) is 5.75 Å². The van der Waals surface area contributed by atoms with E-state index in [-0.39, 0.29) is 17.7 Å². The molecule has 0 saturated carbocycles. The molecule has 1 aromatic carbocycles. The van der Waals surface area contributed by atoms with Crippen molar-refractivity contribution in [2.45, 2.75) is 39.2 Å². The number of nitrogens with zero attached hydrogens (tertiary/aromatic N) is 1. The van der Waals surface area contributed by atoms with Crippen LogP contribution in [0.2, 0.25) is 0 Å². The van der Waals surface area contributed by atoms with Crippen molar-refractivity contribution in [3.8, 4) is 5.75 Å². The topological polar surface area (TPSA) is 84.7 Å². The quantitative estimate of drug-likeness (QED) is 0.871. The molecule has 0 unspecified atom stereocenters. The summed E-state index contributed by atoms with van der Waals surface area (Å²) in [6, 6.07) is 4.71. The first-order chi connectivity index (χ1) is 10.9. The lowest BCUT2D eigenvalue weighted by atomic mass is 10.0. The Kier molecular flexibility index (Phi) is 5.60. The molecule has 1 aromatic rings. The third kappa shape index (κ3) is 4.01. The minimum absolute atomic E-state index is 0.0522. The van der Waals surface area contributed by atoms with Gasteiger partial charge in [-0.15, -0.1) is 0 Å². The number of hydrogen-bond donors (Lipinski definition) is 2. The number of hydrogen-bond acceptors (Lipinski definition) is 4. The number of methoxy groups -OCH3 is 1. The molecule has 2 rings (SSSR count). The van der Waals surface area contributed by atoms with Gasteiger partial charge < -0.3 is 20.7 Å². The number of amides is 2. The number of carbonyl (C=O) groups excluding carboxylic acids is 2. The SMILES string of the molecule is COc1ccc(NC(=O)[C@@H](N)C(C)C)cc1N1CCCCC1=O. The van der Waals surface area contributed by atoms with Crippen LogP contribution in [0, 0.1) is 5.92 Å². The lowest BCUT2D eigenvalue weighted by molar-refractivity contribution is -0.119. The van der Waals surface area contributed by atoms with E-state index in [1.165, 1.54) is 0 Å². The molecule has 1 atom stereocenters. The summed E-state index contributed by atoms with van der Waals surface area (Å²) >= 11 is 0. The van der Waals surface area contributed by atoms with E-state index in [0.29, 0.717) is 30.1 Å². The Morgan fingerprint density at radius 3 is 2.70 bits per heavy atom. The number of nitrogens with one attached hydrogen (secondary N) is 1. The van der Waals surface area contributed by atoms with Gasteiger partial charge in [0.25, 0.3) is 0 Å². The van der Waals surface area contributed by atoms with Crippen molar-refractivity contribution >= 4 is 23.2 Å². The Morgan fingerprint density at radius 1 is 1.35 bits per heavy atom. The summed E-state index contributed by atoms with van der Waals surface area (Å²) in [4.78, 5) is 26.0. The van der Waals surface area contributed by atoms with Crippen LogP contribution < -0.4 is 20.7 Å². The molecule has 1 fully saturated rings. The zero-order valence-corrected chi connectivity index (χ0v) is 14.0. The summed E-state index contributed by atoms with van der Waals surface area (Å²) in [5, 5.41) is 2.81. The molecule has 0 aliphatic carbocycles. The second-order valence-corrected chi connectivity index (χ2v) is 6.15. The molecule has 1 saturated heterocycles. The summed E-state index contributed by atoms with van der Waals surface area (Å²) in [7, 11) is 1.57. The number of nitrogens with two attached hydrogens (primary N) is 1. The van der Waals surface area contributed by atoms with Crippen LogP contribution in [0.15, 0.2) is 18.2 Å². The number of carbonyl (C=O) groups is 2. The molecule has 23 heavy (non-hydrogen) atoms. The number of piperidine rings is 1. The molecule has 0 bridgehead atoms. The average Bonchev–Trinajstić information content (AvgIpc) is 2.54. The van der Waals surface area contributed by atoms with Crippen LogP contribution in [0.4, 0.5) is 11.4 Å². The van der Waals surface area contributed by atoms with Gasteiger partial charge in [-0.3, -0.25) is 9.59 Å². The second-order valence-electron chi connectivity index (χ2n) is 6.15. The fraction of sp³-hybridized carbons (Fsp3) is 0.529. The Morgan fingerprint density at radius 2 is 2.09 bits per heavy atom. The van der Waals surface area contributed by atoms with Gasteiger partial charge >= 0.3 is 0 Å². The molecule has 126 valence electrons. The van der Waals surface area contributed by atoms with Crippen LogP contribution in [-0.2, 0) is 9.59 Å². The molecule has 0 spiro atoms. The van der Waals surface area contributed by atoms with E-state index in [1.54, 1.807) is 30.2 Å². The standard InChI is InChI=1S/C17H25N3O3/c1-11(2)16(18)17(22)19-12-7-8-14(23-3)13(10-12)20-9-5-4-6-15(20)21/h7-8,10-11,16H,4-6,9,18H2,1-3H3,(H,19,22)/t16-/m0/s1.